The molecule has 1 fully saturated rings. The average molecular weight is 255 g/mol. The van der Waals surface area contributed by atoms with E-state index >= 15 is 0 Å². The second kappa shape index (κ2) is 5.38. The average Bonchev–Trinajstić information content (AvgIpc) is 2.30. The lowest BCUT2D eigenvalue weighted by Gasteiger charge is -2.24. The van der Waals surface area contributed by atoms with E-state index in [0.29, 0.717) is 16.3 Å². The summed E-state index contributed by atoms with van der Waals surface area (Å²) in [5.41, 5.74) is 6.43. The summed E-state index contributed by atoms with van der Waals surface area (Å²) < 4.78 is 0. The van der Waals surface area contributed by atoms with E-state index in [1.54, 1.807) is 23.3 Å². The van der Waals surface area contributed by atoms with Crippen LogP contribution < -0.4 is 5.73 Å². The number of hydroxylamine groups is 2. The lowest BCUT2D eigenvalue weighted by atomic mass is 10.2. The van der Waals surface area contributed by atoms with Crippen LogP contribution >= 0.6 is 11.6 Å². The summed E-state index contributed by atoms with van der Waals surface area (Å²) in [6.45, 7) is 1.58. The van der Waals surface area contributed by atoms with E-state index in [1.807, 2.05) is 0 Å². The molecule has 0 saturated carbocycles. The molecule has 2 rings (SSSR count). The fraction of sp³-hybridized carbons (Fsp3) is 0.417. The first kappa shape index (κ1) is 12.2. The van der Waals surface area contributed by atoms with Crippen molar-refractivity contribution in [1.82, 2.24) is 5.06 Å². The summed E-state index contributed by atoms with van der Waals surface area (Å²) in [6, 6.07) is 4.77. The molecule has 0 bridgehead atoms. The summed E-state index contributed by atoms with van der Waals surface area (Å²) >= 11 is 5.77. The smallest absolute Gasteiger partial charge is 0.359 e. The van der Waals surface area contributed by atoms with Gasteiger partial charge in [0.25, 0.3) is 0 Å². The van der Waals surface area contributed by atoms with Crippen LogP contribution in [-0.2, 0) is 4.84 Å². The first-order valence-corrected chi connectivity index (χ1v) is 6.07. The molecule has 92 valence electrons. The summed E-state index contributed by atoms with van der Waals surface area (Å²) in [5.74, 6) is -0.416. The Balaban J connectivity index is 2.03. The molecule has 0 spiro atoms. The van der Waals surface area contributed by atoms with Crippen LogP contribution in [0.4, 0.5) is 5.69 Å². The molecular weight excluding hydrogens is 240 g/mol. The molecule has 0 aromatic heterocycles. The van der Waals surface area contributed by atoms with Crippen molar-refractivity contribution in [1.29, 1.82) is 0 Å². The number of nitrogens with zero attached hydrogens (tertiary/aromatic N) is 1. The maximum absolute atomic E-state index is 11.9. The SMILES string of the molecule is Nc1cc(Cl)ccc1C(=O)ON1CCCCC1. The Morgan fingerprint density at radius 1 is 1.29 bits per heavy atom. The maximum Gasteiger partial charge on any atom is 0.359 e. The van der Waals surface area contributed by atoms with Crippen LogP contribution in [0.15, 0.2) is 18.2 Å². The molecule has 0 aliphatic carbocycles. The summed E-state index contributed by atoms with van der Waals surface area (Å²) in [7, 11) is 0. The highest BCUT2D eigenvalue weighted by atomic mass is 35.5. The number of benzene rings is 1. The molecule has 0 amide bonds. The zero-order valence-corrected chi connectivity index (χ0v) is 10.2. The van der Waals surface area contributed by atoms with Gasteiger partial charge in [-0.25, -0.2) is 4.79 Å². The van der Waals surface area contributed by atoms with Crippen LogP contribution in [0.2, 0.25) is 5.02 Å². The number of carbonyl (C=O) groups is 1. The second-order valence-corrected chi connectivity index (χ2v) is 4.54. The van der Waals surface area contributed by atoms with E-state index < -0.39 is 5.97 Å². The molecule has 1 saturated heterocycles. The summed E-state index contributed by atoms with van der Waals surface area (Å²) in [5, 5.41) is 2.21. The van der Waals surface area contributed by atoms with Crippen molar-refractivity contribution < 1.29 is 9.63 Å². The molecule has 4 nitrogen and oxygen atoms in total. The number of nitrogens with two attached hydrogens (primary N) is 1. The number of piperidine rings is 1. The van der Waals surface area contributed by atoms with E-state index in [2.05, 4.69) is 0 Å². The standard InChI is InChI=1S/C12H15ClN2O2/c13-9-4-5-10(11(14)8-9)12(16)17-15-6-2-1-3-7-15/h4-5,8H,1-3,6-7,14H2. The van der Waals surface area contributed by atoms with E-state index in [4.69, 9.17) is 22.2 Å². The van der Waals surface area contributed by atoms with E-state index in [9.17, 15) is 4.79 Å². The number of rotatable bonds is 2. The molecule has 1 aromatic carbocycles. The van der Waals surface area contributed by atoms with Gasteiger partial charge in [0, 0.05) is 23.8 Å². The van der Waals surface area contributed by atoms with Crippen molar-refractivity contribution in [2.45, 2.75) is 19.3 Å². The van der Waals surface area contributed by atoms with Gasteiger partial charge in [-0.1, -0.05) is 18.0 Å². The molecule has 5 heteroatoms. The molecule has 1 aliphatic rings. The van der Waals surface area contributed by atoms with Gasteiger partial charge in [0.2, 0.25) is 0 Å². The van der Waals surface area contributed by atoms with Gasteiger partial charge in [0.1, 0.15) is 0 Å². The maximum atomic E-state index is 11.9. The van der Waals surface area contributed by atoms with Crippen molar-refractivity contribution in [3.63, 3.8) is 0 Å². The topological polar surface area (TPSA) is 55.6 Å². The molecule has 17 heavy (non-hydrogen) atoms. The number of hydrogen-bond acceptors (Lipinski definition) is 4. The van der Waals surface area contributed by atoms with E-state index in [1.165, 1.54) is 6.42 Å². The Kier molecular flexibility index (Phi) is 3.86. The van der Waals surface area contributed by atoms with E-state index in [-0.39, 0.29) is 0 Å². The molecule has 2 N–H and O–H groups in total. The molecule has 1 aliphatic heterocycles. The van der Waals surface area contributed by atoms with Crippen molar-refractivity contribution in [3.05, 3.63) is 28.8 Å². The van der Waals surface area contributed by atoms with Gasteiger partial charge >= 0.3 is 5.97 Å². The lowest BCUT2D eigenvalue weighted by Crippen LogP contribution is -2.32. The predicted molar refractivity (Wildman–Crippen MR) is 66.7 cm³/mol. The van der Waals surface area contributed by atoms with Crippen LogP contribution in [-0.4, -0.2) is 24.1 Å². The number of anilines is 1. The Morgan fingerprint density at radius 3 is 2.65 bits per heavy atom. The zero-order chi connectivity index (χ0) is 12.3. The van der Waals surface area contributed by atoms with Gasteiger partial charge in [0.05, 0.1) is 5.56 Å². The fourth-order valence-electron chi connectivity index (χ4n) is 1.84. The molecular formula is C12H15ClN2O2. The molecule has 1 heterocycles. The largest absolute Gasteiger partial charge is 0.398 e. The Morgan fingerprint density at radius 2 is 2.00 bits per heavy atom. The van der Waals surface area contributed by atoms with Gasteiger partial charge in [-0.05, 0) is 31.0 Å². The third kappa shape index (κ3) is 3.11. The highest BCUT2D eigenvalue weighted by Gasteiger charge is 2.18. The zero-order valence-electron chi connectivity index (χ0n) is 9.49. The Labute approximate surface area is 105 Å². The lowest BCUT2D eigenvalue weighted by molar-refractivity contribution is -0.119. The summed E-state index contributed by atoms with van der Waals surface area (Å²) in [6.07, 6.45) is 3.31. The minimum absolute atomic E-state index is 0.347. The van der Waals surface area contributed by atoms with Crippen LogP contribution in [0.25, 0.3) is 0 Å². The predicted octanol–water partition coefficient (Wildman–Crippen LogP) is 2.48. The van der Waals surface area contributed by atoms with Crippen molar-refractivity contribution in [2.75, 3.05) is 18.8 Å². The van der Waals surface area contributed by atoms with Crippen molar-refractivity contribution in [2.24, 2.45) is 0 Å². The number of nitrogen functional groups attached to an aromatic ring is 1. The Bertz CT molecular complexity index is 417. The number of carbonyl (C=O) groups excluding carboxylic acids is 1. The second-order valence-electron chi connectivity index (χ2n) is 4.10. The third-order valence-corrected chi connectivity index (χ3v) is 3.00. The van der Waals surface area contributed by atoms with Crippen LogP contribution in [0.1, 0.15) is 29.6 Å². The molecule has 0 radical (unpaired) electrons. The Hall–Kier alpha value is -1.26. The van der Waals surface area contributed by atoms with Crippen LogP contribution in [0.3, 0.4) is 0 Å². The van der Waals surface area contributed by atoms with Gasteiger partial charge < -0.3 is 10.6 Å². The first-order chi connectivity index (χ1) is 8.16. The van der Waals surface area contributed by atoms with Gasteiger partial charge in [-0.2, -0.15) is 0 Å². The van der Waals surface area contributed by atoms with Crippen LogP contribution in [0.5, 0.6) is 0 Å². The monoisotopic (exact) mass is 254 g/mol. The molecule has 0 atom stereocenters. The van der Waals surface area contributed by atoms with Crippen molar-refractivity contribution >= 4 is 23.3 Å². The minimum atomic E-state index is -0.416. The highest BCUT2D eigenvalue weighted by molar-refractivity contribution is 6.31. The fourth-order valence-corrected chi connectivity index (χ4v) is 2.02. The van der Waals surface area contributed by atoms with E-state index in [0.717, 1.165) is 25.9 Å². The summed E-state index contributed by atoms with van der Waals surface area (Å²) in [4.78, 5) is 17.1. The molecule has 0 unspecified atom stereocenters. The minimum Gasteiger partial charge on any atom is -0.398 e. The van der Waals surface area contributed by atoms with Crippen molar-refractivity contribution in [3.8, 4) is 0 Å². The third-order valence-electron chi connectivity index (χ3n) is 2.76. The van der Waals surface area contributed by atoms with Crippen LogP contribution in [0, 0.1) is 0 Å². The quantitative estimate of drug-likeness (QED) is 0.824. The highest BCUT2D eigenvalue weighted by Crippen LogP contribution is 2.20. The first-order valence-electron chi connectivity index (χ1n) is 5.69. The van der Waals surface area contributed by atoms with Gasteiger partial charge in [0.15, 0.2) is 0 Å². The normalized spacial score (nSPS) is 16.8. The number of halogens is 1. The molecule has 1 aromatic rings. The van der Waals surface area contributed by atoms with Gasteiger partial charge in [-0.15, -0.1) is 5.06 Å². The number of hydrogen-bond donors (Lipinski definition) is 1. The van der Waals surface area contributed by atoms with Gasteiger partial charge in [-0.3, -0.25) is 0 Å².